The lowest BCUT2D eigenvalue weighted by atomic mass is 10.00. The van der Waals surface area contributed by atoms with Crippen LogP contribution in [0.3, 0.4) is 0 Å². The van der Waals surface area contributed by atoms with E-state index in [0.29, 0.717) is 11.4 Å². The Hall–Kier alpha value is -2.91. The fourth-order valence-corrected chi connectivity index (χ4v) is 3.58. The van der Waals surface area contributed by atoms with Gasteiger partial charge in [-0.15, -0.1) is 0 Å². The lowest BCUT2D eigenvalue weighted by Crippen LogP contribution is -2.36. The summed E-state index contributed by atoms with van der Waals surface area (Å²) >= 11 is 6.27. The molecule has 0 unspecified atom stereocenters. The quantitative estimate of drug-likeness (QED) is 0.650. The summed E-state index contributed by atoms with van der Waals surface area (Å²) in [4.78, 5) is 19.8. The number of hydrogen-bond donors (Lipinski definition) is 0. The van der Waals surface area contributed by atoms with Crippen molar-refractivity contribution >= 4 is 28.9 Å². The zero-order chi connectivity index (χ0) is 18.8. The van der Waals surface area contributed by atoms with Crippen molar-refractivity contribution in [2.24, 2.45) is 4.99 Å². The van der Waals surface area contributed by atoms with E-state index in [-0.39, 0.29) is 5.91 Å². The number of likely N-dealkylation sites (N-methyl/N-ethyl adjacent to an activating group) is 1. The van der Waals surface area contributed by atoms with Crippen LogP contribution in [0, 0.1) is 0 Å². The van der Waals surface area contributed by atoms with Gasteiger partial charge in [0.15, 0.2) is 0 Å². The molecule has 4 heteroatoms. The normalized spacial score (nSPS) is 16.5. The third kappa shape index (κ3) is 3.51. The van der Waals surface area contributed by atoms with Crippen LogP contribution in [-0.2, 0) is 11.2 Å². The molecule has 27 heavy (non-hydrogen) atoms. The van der Waals surface area contributed by atoms with Crippen LogP contribution in [0.4, 0.5) is 5.69 Å². The van der Waals surface area contributed by atoms with E-state index in [2.05, 4.69) is 0 Å². The van der Waals surface area contributed by atoms with E-state index in [1.807, 2.05) is 78.9 Å². The van der Waals surface area contributed by atoms with E-state index in [1.54, 1.807) is 11.9 Å². The SMILES string of the molecule is CN1C(=O)[C@H](Cc2ccccc2)N=C(c2ccccc2)c2cc(Cl)ccc21. The summed E-state index contributed by atoms with van der Waals surface area (Å²) in [7, 11) is 1.80. The molecule has 4 rings (SSSR count). The van der Waals surface area contributed by atoms with E-state index < -0.39 is 6.04 Å². The van der Waals surface area contributed by atoms with Gasteiger partial charge in [-0.05, 0) is 23.8 Å². The fourth-order valence-electron chi connectivity index (χ4n) is 3.41. The second-order valence-corrected chi connectivity index (χ2v) is 7.04. The Morgan fingerprint density at radius 2 is 1.63 bits per heavy atom. The minimum absolute atomic E-state index is 0.0200. The molecule has 1 atom stereocenters. The number of benzene rings is 3. The maximum absolute atomic E-state index is 13.2. The first-order valence-electron chi connectivity index (χ1n) is 8.88. The molecule has 0 fully saturated rings. The molecule has 1 heterocycles. The van der Waals surface area contributed by atoms with Gasteiger partial charge in [-0.25, -0.2) is 0 Å². The smallest absolute Gasteiger partial charge is 0.251 e. The number of hydrogen-bond acceptors (Lipinski definition) is 2. The molecule has 0 saturated carbocycles. The second kappa shape index (κ2) is 7.37. The van der Waals surface area contributed by atoms with Crippen LogP contribution in [0.5, 0.6) is 0 Å². The van der Waals surface area contributed by atoms with Crippen LogP contribution in [0.2, 0.25) is 5.02 Å². The number of fused-ring (bicyclic) bond motifs is 1. The van der Waals surface area contributed by atoms with Crippen molar-refractivity contribution in [3.8, 4) is 0 Å². The topological polar surface area (TPSA) is 32.7 Å². The fraction of sp³-hybridized carbons (Fsp3) is 0.130. The van der Waals surface area contributed by atoms with Gasteiger partial charge >= 0.3 is 0 Å². The average molecular weight is 375 g/mol. The summed E-state index contributed by atoms with van der Waals surface area (Å²) in [6.07, 6.45) is 0.558. The summed E-state index contributed by atoms with van der Waals surface area (Å²) < 4.78 is 0. The lowest BCUT2D eigenvalue weighted by molar-refractivity contribution is -0.119. The van der Waals surface area contributed by atoms with Gasteiger partial charge in [0.1, 0.15) is 6.04 Å². The monoisotopic (exact) mass is 374 g/mol. The number of benzodiazepines with no additional fused rings is 1. The van der Waals surface area contributed by atoms with Gasteiger partial charge in [-0.1, -0.05) is 72.3 Å². The van der Waals surface area contributed by atoms with Crippen molar-refractivity contribution in [3.63, 3.8) is 0 Å². The summed E-state index contributed by atoms with van der Waals surface area (Å²) in [6, 6.07) is 25.0. The molecule has 3 nitrogen and oxygen atoms in total. The summed E-state index contributed by atoms with van der Waals surface area (Å²) in [5.74, 6) is -0.0200. The number of halogens is 1. The Balaban J connectivity index is 1.87. The molecule has 0 radical (unpaired) electrons. The molecule has 1 aliphatic rings. The number of carbonyl (C=O) groups is 1. The van der Waals surface area contributed by atoms with Crippen LogP contribution in [-0.4, -0.2) is 24.7 Å². The molecule has 134 valence electrons. The molecular formula is C23H19ClN2O. The van der Waals surface area contributed by atoms with Gasteiger partial charge in [0.05, 0.1) is 11.4 Å². The van der Waals surface area contributed by atoms with Crippen molar-refractivity contribution in [1.82, 2.24) is 0 Å². The van der Waals surface area contributed by atoms with E-state index in [0.717, 1.165) is 28.1 Å². The first-order valence-corrected chi connectivity index (χ1v) is 9.26. The molecule has 0 aliphatic carbocycles. The van der Waals surface area contributed by atoms with Crippen molar-refractivity contribution in [2.75, 3.05) is 11.9 Å². The molecule has 0 aromatic heterocycles. The Labute approximate surface area is 163 Å². The van der Waals surface area contributed by atoms with Crippen molar-refractivity contribution in [2.45, 2.75) is 12.5 Å². The van der Waals surface area contributed by atoms with E-state index >= 15 is 0 Å². The van der Waals surface area contributed by atoms with Gasteiger partial charge in [-0.2, -0.15) is 0 Å². The largest absolute Gasteiger partial charge is 0.313 e. The highest BCUT2D eigenvalue weighted by Gasteiger charge is 2.30. The Bertz CT molecular complexity index is 999. The Morgan fingerprint density at radius 1 is 0.963 bits per heavy atom. The maximum atomic E-state index is 13.2. The van der Waals surface area contributed by atoms with Crippen LogP contribution in [0.15, 0.2) is 83.9 Å². The molecule has 1 amide bonds. The van der Waals surface area contributed by atoms with Crippen molar-refractivity contribution < 1.29 is 4.79 Å². The van der Waals surface area contributed by atoms with Crippen LogP contribution < -0.4 is 4.90 Å². The predicted octanol–water partition coefficient (Wildman–Crippen LogP) is 4.77. The van der Waals surface area contributed by atoms with E-state index in [1.165, 1.54) is 0 Å². The number of anilines is 1. The van der Waals surface area contributed by atoms with Gasteiger partial charge in [0.25, 0.3) is 5.91 Å². The zero-order valence-electron chi connectivity index (χ0n) is 15.0. The maximum Gasteiger partial charge on any atom is 0.251 e. The first-order chi connectivity index (χ1) is 13.1. The third-order valence-electron chi connectivity index (χ3n) is 4.79. The Kier molecular flexibility index (Phi) is 4.78. The molecular weight excluding hydrogens is 356 g/mol. The standard InChI is InChI=1S/C23H19ClN2O/c1-26-21-13-12-18(24)15-19(21)22(17-10-6-3-7-11-17)25-20(23(26)27)14-16-8-4-2-5-9-16/h2-13,15,20H,14H2,1H3/t20-/m0/s1. The number of nitrogens with zero attached hydrogens (tertiary/aromatic N) is 2. The van der Waals surface area contributed by atoms with Crippen LogP contribution >= 0.6 is 11.6 Å². The number of carbonyl (C=O) groups excluding carboxylic acids is 1. The van der Waals surface area contributed by atoms with Gasteiger partial charge in [0, 0.05) is 29.6 Å². The minimum atomic E-state index is -0.487. The van der Waals surface area contributed by atoms with Crippen LogP contribution in [0.1, 0.15) is 16.7 Å². The van der Waals surface area contributed by atoms with E-state index in [9.17, 15) is 4.79 Å². The molecule has 1 aliphatic heterocycles. The molecule has 0 spiro atoms. The molecule has 3 aromatic carbocycles. The van der Waals surface area contributed by atoms with Gasteiger partial charge < -0.3 is 4.90 Å². The average Bonchev–Trinajstić information content (AvgIpc) is 2.80. The summed E-state index contributed by atoms with van der Waals surface area (Å²) in [5.41, 5.74) is 4.56. The molecule has 3 aromatic rings. The van der Waals surface area contributed by atoms with Gasteiger partial charge in [0.2, 0.25) is 0 Å². The first kappa shape index (κ1) is 17.5. The number of amides is 1. The highest BCUT2D eigenvalue weighted by molar-refractivity contribution is 6.32. The zero-order valence-corrected chi connectivity index (χ0v) is 15.7. The highest BCUT2D eigenvalue weighted by atomic mass is 35.5. The van der Waals surface area contributed by atoms with Crippen LogP contribution in [0.25, 0.3) is 0 Å². The molecule has 0 N–H and O–H groups in total. The summed E-state index contributed by atoms with van der Waals surface area (Å²) in [5, 5.41) is 0.625. The minimum Gasteiger partial charge on any atom is -0.313 e. The highest BCUT2D eigenvalue weighted by Crippen LogP contribution is 2.30. The number of rotatable bonds is 3. The molecule has 0 bridgehead atoms. The van der Waals surface area contributed by atoms with Crippen molar-refractivity contribution in [1.29, 1.82) is 0 Å². The van der Waals surface area contributed by atoms with Gasteiger partial charge in [-0.3, -0.25) is 9.79 Å². The van der Waals surface area contributed by atoms with Crippen molar-refractivity contribution in [3.05, 3.63) is 101 Å². The molecule has 0 saturated heterocycles. The lowest BCUT2D eigenvalue weighted by Gasteiger charge is -2.20. The summed E-state index contributed by atoms with van der Waals surface area (Å²) in [6.45, 7) is 0. The second-order valence-electron chi connectivity index (χ2n) is 6.61. The number of aliphatic imine (C=N–C) groups is 1. The Morgan fingerprint density at radius 3 is 2.33 bits per heavy atom. The third-order valence-corrected chi connectivity index (χ3v) is 5.03. The van der Waals surface area contributed by atoms with E-state index in [4.69, 9.17) is 16.6 Å². The predicted molar refractivity (Wildman–Crippen MR) is 111 cm³/mol.